The highest BCUT2D eigenvalue weighted by molar-refractivity contribution is 5.91. The summed E-state index contributed by atoms with van der Waals surface area (Å²) in [6, 6.07) is 0. The maximum Gasteiger partial charge on any atom is 0.334 e. The molecule has 1 heterocycles. The molecule has 0 aromatic heterocycles. The average Bonchev–Trinajstić information content (AvgIpc) is 2.51. The summed E-state index contributed by atoms with van der Waals surface area (Å²) in [5, 5.41) is 0. The van der Waals surface area contributed by atoms with Crippen LogP contribution in [0.5, 0.6) is 0 Å². The second-order valence-electron chi connectivity index (χ2n) is 3.97. The van der Waals surface area contributed by atoms with E-state index in [9.17, 15) is 4.79 Å². The summed E-state index contributed by atoms with van der Waals surface area (Å²) in [4.78, 5) is 11.2. The van der Waals surface area contributed by atoms with Crippen LogP contribution >= 0.6 is 0 Å². The van der Waals surface area contributed by atoms with Crippen molar-refractivity contribution in [3.63, 3.8) is 0 Å². The Morgan fingerprint density at radius 2 is 2.20 bits per heavy atom. The Morgan fingerprint density at radius 1 is 1.40 bits per heavy atom. The molecule has 0 aliphatic carbocycles. The first-order valence-electron chi connectivity index (χ1n) is 5.80. The van der Waals surface area contributed by atoms with Gasteiger partial charge in [0.2, 0.25) is 0 Å². The zero-order valence-electron chi connectivity index (χ0n) is 9.66. The third kappa shape index (κ3) is 4.32. The topological polar surface area (TPSA) is 26.3 Å². The number of hydrogen-bond donors (Lipinski definition) is 0. The molecule has 0 radical (unpaired) electrons. The lowest BCUT2D eigenvalue weighted by atomic mass is 10.1. The first-order chi connectivity index (χ1) is 7.24. The summed E-state index contributed by atoms with van der Waals surface area (Å²) in [7, 11) is 0. The zero-order valence-corrected chi connectivity index (χ0v) is 9.66. The Morgan fingerprint density at radius 3 is 2.80 bits per heavy atom. The Bertz CT molecular complexity index is 264. The number of allylic oxidation sites excluding steroid dienone is 2. The lowest BCUT2D eigenvalue weighted by molar-refractivity contribution is -0.139. The minimum absolute atomic E-state index is 0.0407. The van der Waals surface area contributed by atoms with Gasteiger partial charge in [0.25, 0.3) is 0 Å². The van der Waals surface area contributed by atoms with Crippen molar-refractivity contribution in [2.45, 2.75) is 52.1 Å². The van der Waals surface area contributed by atoms with Gasteiger partial charge in [-0.3, -0.25) is 0 Å². The minimum Gasteiger partial charge on any atom is -0.455 e. The Hall–Kier alpha value is -1.05. The molecule has 2 heteroatoms. The number of rotatable bonds is 6. The van der Waals surface area contributed by atoms with E-state index < -0.39 is 0 Å². The molecule has 15 heavy (non-hydrogen) atoms. The second-order valence-corrected chi connectivity index (χ2v) is 3.97. The molecule has 1 atom stereocenters. The first kappa shape index (κ1) is 12.0. The van der Waals surface area contributed by atoms with Gasteiger partial charge in [0, 0.05) is 5.57 Å². The van der Waals surface area contributed by atoms with Gasteiger partial charge in [-0.05, 0) is 32.3 Å². The number of unbranched alkanes of at least 4 members (excludes halogenated alkanes) is 3. The number of carbonyl (C=O) groups is 1. The predicted octanol–water partition coefficient (Wildman–Crippen LogP) is 3.38. The molecule has 1 rings (SSSR count). The number of hydrogen-bond acceptors (Lipinski definition) is 2. The monoisotopic (exact) mass is 208 g/mol. The van der Waals surface area contributed by atoms with Gasteiger partial charge in [0.1, 0.15) is 6.10 Å². The lowest BCUT2D eigenvalue weighted by Gasteiger charge is -1.97. The Labute approximate surface area is 92.0 Å². The van der Waals surface area contributed by atoms with Crippen LogP contribution in [0, 0.1) is 0 Å². The third-order valence-electron chi connectivity index (χ3n) is 2.47. The molecule has 0 saturated heterocycles. The summed E-state index contributed by atoms with van der Waals surface area (Å²) in [6.07, 6.45) is 11.7. The molecule has 84 valence electrons. The van der Waals surface area contributed by atoms with Gasteiger partial charge >= 0.3 is 5.97 Å². The van der Waals surface area contributed by atoms with Gasteiger partial charge in [-0.15, -0.1) is 0 Å². The normalized spacial score (nSPS) is 20.8. The number of ether oxygens (including phenoxy) is 1. The molecule has 0 aromatic carbocycles. The molecule has 0 spiro atoms. The third-order valence-corrected chi connectivity index (χ3v) is 2.47. The highest BCUT2D eigenvalue weighted by Crippen LogP contribution is 2.16. The number of cyclic esters (lactones) is 1. The molecule has 0 unspecified atom stereocenters. The van der Waals surface area contributed by atoms with Crippen molar-refractivity contribution >= 4 is 5.97 Å². The van der Waals surface area contributed by atoms with Crippen LogP contribution in [0.1, 0.15) is 46.0 Å². The van der Waals surface area contributed by atoms with E-state index in [0.29, 0.717) is 0 Å². The van der Waals surface area contributed by atoms with Crippen LogP contribution in [0.4, 0.5) is 0 Å². The van der Waals surface area contributed by atoms with Crippen LogP contribution in [-0.2, 0) is 9.53 Å². The summed E-state index contributed by atoms with van der Waals surface area (Å²) >= 11 is 0. The molecule has 2 nitrogen and oxygen atoms in total. The first-order valence-corrected chi connectivity index (χ1v) is 5.80. The molecule has 1 aliphatic heterocycles. The average molecular weight is 208 g/mol. The van der Waals surface area contributed by atoms with E-state index in [4.69, 9.17) is 4.74 Å². The fourth-order valence-corrected chi connectivity index (χ4v) is 1.62. The highest BCUT2D eigenvalue weighted by Gasteiger charge is 2.20. The largest absolute Gasteiger partial charge is 0.455 e. The van der Waals surface area contributed by atoms with E-state index >= 15 is 0 Å². The van der Waals surface area contributed by atoms with E-state index in [1.165, 1.54) is 19.3 Å². The van der Waals surface area contributed by atoms with Gasteiger partial charge in [0.15, 0.2) is 0 Å². The van der Waals surface area contributed by atoms with Crippen molar-refractivity contribution in [1.29, 1.82) is 0 Å². The van der Waals surface area contributed by atoms with Crippen LogP contribution < -0.4 is 0 Å². The highest BCUT2D eigenvalue weighted by atomic mass is 16.5. The van der Waals surface area contributed by atoms with Crippen molar-refractivity contribution < 1.29 is 9.53 Å². The van der Waals surface area contributed by atoms with E-state index in [1.807, 2.05) is 13.0 Å². The van der Waals surface area contributed by atoms with E-state index in [2.05, 4.69) is 19.1 Å². The van der Waals surface area contributed by atoms with Crippen LogP contribution in [0.15, 0.2) is 23.8 Å². The maximum absolute atomic E-state index is 11.2. The molecule has 0 N–H and O–H groups in total. The fourth-order valence-electron chi connectivity index (χ4n) is 1.62. The summed E-state index contributed by atoms with van der Waals surface area (Å²) in [6.45, 7) is 4.08. The molecule has 0 saturated carbocycles. The van der Waals surface area contributed by atoms with Crippen molar-refractivity contribution in [2.75, 3.05) is 0 Å². The van der Waals surface area contributed by atoms with Crippen molar-refractivity contribution in [3.8, 4) is 0 Å². The second kappa shape index (κ2) is 6.44. The van der Waals surface area contributed by atoms with E-state index in [-0.39, 0.29) is 12.1 Å². The summed E-state index contributed by atoms with van der Waals surface area (Å²) < 4.78 is 5.00. The van der Waals surface area contributed by atoms with Gasteiger partial charge in [-0.25, -0.2) is 4.79 Å². The van der Waals surface area contributed by atoms with Crippen molar-refractivity contribution in [1.82, 2.24) is 0 Å². The molecule has 0 bridgehead atoms. The molecule has 0 fully saturated rings. The van der Waals surface area contributed by atoms with Gasteiger partial charge in [0.05, 0.1) is 0 Å². The van der Waals surface area contributed by atoms with E-state index in [1.54, 1.807) is 0 Å². The molecular weight excluding hydrogens is 188 g/mol. The van der Waals surface area contributed by atoms with Gasteiger partial charge in [-0.1, -0.05) is 31.9 Å². The summed E-state index contributed by atoms with van der Waals surface area (Å²) in [5.41, 5.74) is 0.800. The molecule has 0 aromatic rings. The quantitative estimate of drug-likeness (QED) is 0.380. The molecule has 1 aliphatic rings. The van der Waals surface area contributed by atoms with Gasteiger partial charge < -0.3 is 4.74 Å². The molecular formula is C13H20O2. The SMILES string of the molecule is CCCCC/C=C/CC1=C[C@H](C)OC1=O. The van der Waals surface area contributed by atoms with Crippen LogP contribution in [0.25, 0.3) is 0 Å². The number of carbonyl (C=O) groups excluding carboxylic acids is 1. The number of esters is 1. The van der Waals surface area contributed by atoms with E-state index in [0.717, 1.165) is 18.4 Å². The van der Waals surface area contributed by atoms with Gasteiger partial charge in [-0.2, -0.15) is 0 Å². The zero-order chi connectivity index (χ0) is 11.1. The Kier molecular flexibility index (Phi) is 5.16. The molecule has 0 amide bonds. The minimum atomic E-state index is -0.152. The van der Waals surface area contributed by atoms with Crippen LogP contribution in [0.2, 0.25) is 0 Å². The Balaban J connectivity index is 2.19. The fraction of sp³-hybridized carbons (Fsp3) is 0.615. The van der Waals surface area contributed by atoms with Crippen LogP contribution in [-0.4, -0.2) is 12.1 Å². The van der Waals surface area contributed by atoms with Crippen molar-refractivity contribution in [2.24, 2.45) is 0 Å². The standard InChI is InChI=1S/C13H20O2/c1-3-4-5-6-7-8-9-12-10-11(2)15-13(12)14/h7-8,10-11H,3-6,9H2,1-2H3/b8-7+/t11-/m0/s1. The predicted molar refractivity (Wildman–Crippen MR) is 61.5 cm³/mol. The van der Waals surface area contributed by atoms with Crippen LogP contribution in [0.3, 0.4) is 0 Å². The summed E-state index contributed by atoms with van der Waals surface area (Å²) in [5.74, 6) is -0.152. The van der Waals surface area contributed by atoms with Crippen molar-refractivity contribution in [3.05, 3.63) is 23.8 Å². The smallest absolute Gasteiger partial charge is 0.334 e. The maximum atomic E-state index is 11.2. The lowest BCUT2D eigenvalue weighted by Crippen LogP contribution is -2.03.